The minimum absolute atomic E-state index is 0.0442. The highest BCUT2D eigenvalue weighted by Gasteiger charge is 2.49. The molecule has 2 aromatic rings. The lowest BCUT2D eigenvalue weighted by molar-refractivity contribution is 0.290. The Bertz CT molecular complexity index is 801. The molecule has 0 spiro atoms. The van der Waals surface area contributed by atoms with Crippen LogP contribution in [0.3, 0.4) is 0 Å². The van der Waals surface area contributed by atoms with Gasteiger partial charge in [-0.15, -0.1) is 6.58 Å². The Labute approximate surface area is 171 Å². The van der Waals surface area contributed by atoms with Crippen LogP contribution in [-0.2, 0) is 14.3 Å². The van der Waals surface area contributed by atoms with E-state index in [1.54, 1.807) is 0 Å². The predicted octanol–water partition coefficient (Wildman–Crippen LogP) is 3.94. The molecule has 2 rings (SSSR count). The van der Waals surface area contributed by atoms with Gasteiger partial charge < -0.3 is 4.43 Å². The Morgan fingerprint density at radius 1 is 0.929 bits per heavy atom. The Morgan fingerprint density at radius 2 is 1.43 bits per heavy atom. The molecule has 5 heteroatoms. The maximum atomic E-state index is 11.9. The van der Waals surface area contributed by atoms with E-state index in [1.807, 2.05) is 12.1 Å². The summed E-state index contributed by atoms with van der Waals surface area (Å²) < 4.78 is 30.5. The average Bonchev–Trinajstić information content (AvgIpc) is 2.65. The zero-order chi connectivity index (χ0) is 20.7. The fourth-order valence-electron chi connectivity index (χ4n) is 3.67. The summed E-state index contributed by atoms with van der Waals surface area (Å²) in [4.78, 5) is 0. The van der Waals surface area contributed by atoms with Gasteiger partial charge in [0.2, 0.25) is 0 Å². The summed E-state index contributed by atoms with van der Waals surface area (Å²) in [5.41, 5.74) is 0. The zero-order valence-electron chi connectivity index (χ0n) is 17.2. The van der Waals surface area contributed by atoms with Gasteiger partial charge in [0.1, 0.15) is 0 Å². The molecule has 0 aromatic heterocycles. The fraction of sp³-hybridized carbons (Fsp3) is 0.391. The summed E-state index contributed by atoms with van der Waals surface area (Å²) in [6.07, 6.45) is 2.78. The van der Waals surface area contributed by atoms with E-state index in [1.165, 1.54) is 16.4 Å². The second-order valence-corrected chi connectivity index (χ2v) is 14.7. The SMILES string of the molecule is C=CCS(=O)(=O)CCCCO[Si](c1ccccc1)(c1ccccc1)C(C)(C)C. The summed E-state index contributed by atoms with van der Waals surface area (Å²) >= 11 is 0. The van der Waals surface area contributed by atoms with E-state index in [4.69, 9.17) is 4.43 Å². The highest BCUT2D eigenvalue weighted by Crippen LogP contribution is 2.36. The number of sulfone groups is 1. The van der Waals surface area contributed by atoms with Crippen molar-refractivity contribution in [2.45, 2.75) is 38.7 Å². The molecule has 0 unspecified atom stereocenters. The molecule has 0 atom stereocenters. The molecule has 0 saturated heterocycles. The van der Waals surface area contributed by atoms with Gasteiger partial charge in [0.05, 0.1) is 11.5 Å². The lowest BCUT2D eigenvalue weighted by Gasteiger charge is -2.43. The van der Waals surface area contributed by atoms with Crippen LogP contribution in [0.15, 0.2) is 73.3 Å². The van der Waals surface area contributed by atoms with E-state index in [0.717, 1.165) is 6.42 Å². The van der Waals surface area contributed by atoms with Gasteiger partial charge in [-0.25, -0.2) is 8.42 Å². The van der Waals surface area contributed by atoms with Crippen LogP contribution in [0.1, 0.15) is 33.6 Å². The van der Waals surface area contributed by atoms with Crippen LogP contribution in [0.5, 0.6) is 0 Å². The van der Waals surface area contributed by atoms with Crippen LogP contribution < -0.4 is 10.4 Å². The van der Waals surface area contributed by atoms with Crippen LogP contribution in [0, 0.1) is 0 Å². The standard InChI is InChI=1S/C23H32O3SSi/c1-5-19-27(24,25)20-13-12-18-26-28(23(2,3)4,21-14-8-6-9-15-21)22-16-10-7-11-17-22/h5-11,14-17H,1,12-13,18-20H2,2-4H3. The normalized spacial score (nSPS) is 12.7. The van der Waals surface area contributed by atoms with Crippen molar-refractivity contribution in [3.63, 3.8) is 0 Å². The molecule has 0 aliphatic carbocycles. The first kappa shape index (κ1) is 22.6. The molecule has 0 heterocycles. The number of hydrogen-bond donors (Lipinski definition) is 0. The molecule has 0 aliphatic rings. The van der Waals surface area contributed by atoms with Crippen molar-refractivity contribution in [3.05, 3.63) is 73.3 Å². The van der Waals surface area contributed by atoms with Gasteiger partial charge in [-0.1, -0.05) is 87.5 Å². The van der Waals surface area contributed by atoms with Gasteiger partial charge in [-0.2, -0.15) is 0 Å². The average molecular weight is 417 g/mol. The van der Waals surface area contributed by atoms with Gasteiger partial charge in [0, 0.05) is 6.61 Å². The van der Waals surface area contributed by atoms with Crippen molar-refractivity contribution < 1.29 is 12.8 Å². The lowest BCUT2D eigenvalue weighted by Crippen LogP contribution is -2.66. The van der Waals surface area contributed by atoms with Crippen LogP contribution in [-0.4, -0.2) is 34.8 Å². The molecule has 3 nitrogen and oxygen atoms in total. The smallest absolute Gasteiger partial charge is 0.261 e. The second-order valence-electron chi connectivity index (χ2n) is 8.12. The monoisotopic (exact) mass is 416 g/mol. The first-order chi connectivity index (χ1) is 13.2. The van der Waals surface area contributed by atoms with E-state index in [2.05, 4.69) is 75.9 Å². The highest BCUT2D eigenvalue weighted by molar-refractivity contribution is 7.91. The summed E-state index contributed by atoms with van der Waals surface area (Å²) in [6.45, 7) is 10.8. The van der Waals surface area contributed by atoms with E-state index < -0.39 is 18.2 Å². The molecule has 28 heavy (non-hydrogen) atoms. The summed E-state index contributed by atoms with van der Waals surface area (Å²) in [5.74, 6) is 0.228. The fourth-order valence-corrected chi connectivity index (χ4v) is 9.45. The Hall–Kier alpha value is -1.69. The van der Waals surface area contributed by atoms with E-state index in [0.29, 0.717) is 13.0 Å². The molecule has 0 amide bonds. The van der Waals surface area contributed by atoms with E-state index >= 15 is 0 Å². The molecule has 0 bridgehead atoms. The highest BCUT2D eigenvalue weighted by atomic mass is 32.2. The van der Waals surface area contributed by atoms with Crippen molar-refractivity contribution >= 4 is 28.5 Å². The first-order valence-electron chi connectivity index (χ1n) is 9.79. The maximum absolute atomic E-state index is 11.9. The molecule has 0 fully saturated rings. The summed E-state index contributed by atoms with van der Waals surface area (Å²) in [7, 11) is -5.57. The maximum Gasteiger partial charge on any atom is 0.261 e. The first-order valence-corrected chi connectivity index (χ1v) is 13.5. The van der Waals surface area contributed by atoms with Gasteiger partial charge >= 0.3 is 0 Å². The number of benzene rings is 2. The van der Waals surface area contributed by atoms with Crippen LogP contribution in [0.25, 0.3) is 0 Å². The molecular weight excluding hydrogens is 384 g/mol. The predicted molar refractivity (Wildman–Crippen MR) is 122 cm³/mol. The third kappa shape index (κ3) is 5.43. The van der Waals surface area contributed by atoms with Crippen molar-refractivity contribution in [1.82, 2.24) is 0 Å². The third-order valence-corrected chi connectivity index (χ3v) is 11.7. The summed E-state index contributed by atoms with van der Waals surface area (Å²) in [6, 6.07) is 21.0. The molecule has 0 N–H and O–H groups in total. The molecule has 2 aromatic carbocycles. The quantitative estimate of drug-likeness (QED) is 0.335. The van der Waals surface area contributed by atoms with Gasteiger partial charge in [-0.3, -0.25) is 0 Å². The number of unbranched alkanes of at least 4 members (excludes halogenated alkanes) is 1. The van der Waals surface area contributed by atoms with Gasteiger partial charge in [0.25, 0.3) is 8.32 Å². The molecule has 0 radical (unpaired) electrons. The van der Waals surface area contributed by atoms with Crippen molar-refractivity contribution in [2.75, 3.05) is 18.1 Å². The van der Waals surface area contributed by atoms with Crippen molar-refractivity contribution in [2.24, 2.45) is 0 Å². The zero-order valence-corrected chi connectivity index (χ0v) is 19.0. The van der Waals surface area contributed by atoms with Crippen LogP contribution in [0.2, 0.25) is 5.04 Å². The largest absolute Gasteiger partial charge is 0.407 e. The van der Waals surface area contributed by atoms with Crippen molar-refractivity contribution in [1.29, 1.82) is 0 Å². The van der Waals surface area contributed by atoms with Crippen molar-refractivity contribution in [3.8, 4) is 0 Å². The minimum Gasteiger partial charge on any atom is -0.407 e. The topological polar surface area (TPSA) is 43.4 Å². The Kier molecular flexibility index (Phi) is 7.81. The second kappa shape index (κ2) is 9.68. The third-order valence-electron chi connectivity index (χ3n) is 4.96. The summed E-state index contributed by atoms with van der Waals surface area (Å²) in [5, 5.41) is 2.42. The Balaban J connectivity index is 2.26. The van der Waals surface area contributed by atoms with Crippen LogP contribution in [0.4, 0.5) is 0 Å². The van der Waals surface area contributed by atoms with E-state index in [9.17, 15) is 8.42 Å². The molecule has 0 aliphatic heterocycles. The molecule has 152 valence electrons. The van der Waals surface area contributed by atoms with Gasteiger partial charge in [-0.05, 0) is 28.3 Å². The minimum atomic E-state index is -3.04. The Morgan fingerprint density at radius 3 is 1.86 bits per heavy atom. The lowest BCUT2D eigenvalue weighted by atomic mass is 10.2. The van der Waals surface area contributed by atoms with Gasteiger partial charge in [0.15, 0.2) is 9.84 Å². The number of rotatable bonds is 10. The molecule has 0 saturated carbocycles. The number of hydrogen-bond acceptors (Lipinski definition) is 3. The van der Waals surface area contributed by atoms with E-state index in [-0.39, 0.29) is 16.5 Å². The van der Waals surface area contributed by atoms with Crippen LogP contribution >= 0.6 is 0 Å². The molecular formula is C23H32O3SSi.